The Balaban J connectivity index is 1.91. The van der Waals surface area contributed by atoms with Gasteiger partial charge in [0.15, 0.2) is 0 Å². The second kappa shape index (κ2) is 9.71. The monoisotopic (exact) mass is 399 g/mol. The van der Waals surface area contributed by atoms with Gasteiger partial charge in [0.25, 0.3) is 0 Å². The normalized spacial score (nSPS) is 15.5. The number of esters is 1. The maximum Gasteiger partial charge on any atom is 0.337 e. The average molecular weight is 400 g/mol. The van der Waals surface area contributed by atoms with Crippen molar-refractivity contribution in [2.75, 3.05) is 39.8 Å². The van der Waals surface area contributed by atoms with E-state index in [4.69, 9.17) is 21.3 Å². The van der Waals surface area contributed by atoms with E-state index in [1.54, 1.807) is 12.1 Å². The third-order valence-electron chi connectivity index (χ3n) is 4.85. The SMILES string of the molecule is CCCN1CCN(/C(=N\c2ccccc2Cl)c2ccc(C(=O)OC)cc2)CC1. The van der Waals surface area contributed by atoms with Crippen LogP contribution in [0.4, 0.5) is 5.69 Å². The van der Waals surface area contributed by atoms with Crippen molar-refractivity contribution in [1.82, 2.24) is 9.80 Å². The van der Waals surface area contributed by atoms with Gasteiger partial charge < -0.3 is 9.64 Å². The smallest absolute Gasteiger partial charge is 0.337 e. The van der Waals surface area contributed by atoms with Gasteiger partial charge in [-0.3, -0.25) is 4.90 Å². The van der Waals surface area contributed by atoms with Crippen molar-refractivity contribution in [3.8, 4) is 0 Å². The number of hydrogen-bond acceptors (Lipinski definition) is 4. The summed E-state index contributed by atoms with van der Waals surface area (Å²) in [5.41, 5.74) is 2.22. The summed E-state index contributed by atoms with van der Waals surface area (Å²) < 4.78 is 4.80. The second-order valence-electron chi connectivity index (χ2n) is 6.78. The lowest BCUT2D eigenvalue weighted by molar-refractivity contribution is 0.0600. The number of piperazine rings is 1. The van der Waals surface area contributed by atoms with E-state index < -0.39 is 0 Å². The highest BCUT2D eigenvalue weighted by atomic mass is 35.5. The van der Waals surface area contributed by atoms with Crippen LogP contribution in [0.5, 0.6) is 0 Å². The molecule has 1 fully saturated rings. The van der Waals surface area contributed by atoms with Gasteiger partial charge in [0.05, 0.1) is 23.4 Å². The summed E-state index contributed by atoms with van der Waals surface area (Å²) in [7, 11) is 1.39. The van der Waals surface area contributed by atoms with E-state index in [-0.39, 0.29) is 5.97 Å². The Labute approximate surface area is 171 Å². The average Bonchev–Trinajstić information content (AvgIpc) is 2.74. The van der Waals surface area contributed by atoms with Gasteiger partial charge in [0, 0.05) is 31.7 Å². The van der Waals surface area contributed by atoms with Crippen LogP contribution in [0.25, 0.3) is 0 Å². The summed E-state index contributed by atoms with van der Waals surface area (Å²) in [5, 5.41) is 0.621. The lowest BCUT2D eigenvalue weighted by atomic mass is 10.1. The van der Waals surface area contributed by atoms with Crippen molar-refractivity contribution >= 4 is 29.1 Å². The van der Waals surface area contributed by atoms with Crippen LogP contribution in [0.2, 0.25) is 5.02 Å². The molecule has 1 saturated heterocycles. The molecule has 1 aliphatic rings. The zero-order valence-corrected chi connectivity index (χ0v) is 17.2. The molecular formula is C22H26ClN3O2. The molecule has 2 aromatic carbocycles. The number of halogens is 1. The van der Waals surface area contributed by atoms with Gasteiger partial charge >= 0.3 is 5.97 Å². The predicted octanol–water partition coefficient (Wildman–Crippen LogP) is 4.23. The van der Waals surface area contributed by atoms with Gasteiger partial charge in [-0.2, -0.15) is 0 Å². The Kier molecular flexibility index (Phi) is 7.06. The van der Waals surface area contributed by atoms with Gasteiger partial charge in [-0.15, -0.1) is 0 Å². The lowest BCUT2D eigenvalue weighted by Gasteiger charge is -2.36. The fraction of sp³-hybridized carbons (Fsp3) is 0.364. The number of nitrogens with zero attached hydrogens (tertiary/aromatic N) is 3. The lowest BCUT2D eigenvalue weighted by Crippen LogP contribution is -2.49. The highest BCUT2D eigenvalue weighted by molar-refractivity contribution is 6.33. The summed E-state index contributed by atoms with van der Waals surface area (Å²) in [4.78, 5) is 21.4. The van der Waals surface area contributed by atoms with Crippen LogP contribution >= 0.6 is 11.6 Å². The molecule has 0 aliphatic carbocycles. The number of ether oxygens (including phenoxy) is 1. The maximum absolute atomic E-state index is 11.7. The number of para-hydroxylation sites is 1. The Morgan fingerprint density at radius 3 is 2.29 bits per heavy atom. The number of hydrogen-bond donors (Lipinski definition) is 0. The maximum atomic E-state index is 11.7. The van der Waals surface area contributed by atoms with Crippen molar-refractivity contribution in [3.05, 3.63) is 64.7 Å². The molecule has 0 aromatic heterocycles. The molecule has 0 saturated carbocycles. The Morgan fingerprint density at radius 2 is 1.68 bits per heavy atom. The Bertz CT molecular complexity index is 828. The number of methoxy groups -OCH3 is 1. The topological polar surface area (TPSA) is 45.1 Å². The zero-order chi connectivity index (χ0) is 19.9. The first-order valence-electron chi connectivity index (χ1n) is 9.61. The van der Waals surface area contributed by atoms with Gasteiger partial charge in [-0.1, -0.05) is 42.8 Å². The number of aliphatic imine (C=N–C) groups is 1. The van der Waals surface area contributed by atoms with Crippen LogP contribution in [0, 0.1) is 0 Å². The van der Waals surface area contributed by atoms with Crippen LogP contribution < -0.4 is 0 Å². The van der Waals surface area contributed by atoms with E-state index >= 15 is 0 Å². The van der Waals surface area contributed by atoms with Crippen molar-refractivity contribution in [2.45, 2.75) is 13.3 Å². The van der Waals surface area contributed by atoms with Crippen molar-refractivity contribution in [3.63, 3.8) is 0 Å². The van der Waals surface area contributed by atoms with Crippen LogP contribution in [0.15, 0.2) is 53.5 Å². The van der Waals surface area contributed by atoms with Crippen molar-refractivity contribution in [1.29, 1.82) is 0 Å². The first-order valence-corrected chi connectivity index (χ1v) is 9.99. The van der Waals surface area contributed by atoms with Crippen molar-refractivity contribution < 1.29 is 9.53 Å². The zero-order valence-electron chi connectivity index (χ0n) is 16.4. The van der Waals surface area contributed by atoms with Gasteiger partial charge in [-0.25, -0.2) is 9.79 Å². The molecule has 3 rings (SSSR count). The van der Waals surface area contributed by atoms with Crippen LogP contribution in [0.1, 0.15) is 29.3 Å². The third-order valence-corrected chi connectivity index (χ3v) is 5.17. The molecule has 1 heterocycles. The molecular weight excluding hydrogens is 374 g/mol. The molecule has 0 radical (unpaired) electrons. The molecule has 148 valence electrons. The van der Waals surface area contributed by atoms with Gasteiger partial charge in [0.1, 0.15) is 5.84 Å². The predicted molar refractivity (Wildman–Crippen MR) is 114 cm³/mol. The summed E-state index contributed by atoms with van der Waals surface area (Å²) in [6.07, 6.45) is 1.16. The van der Waals surface area contributed by atoms with E-state index in [2.05, 4.69) is 16.7 Å². The van der Waals surface area contributed by atoms with Crippen LogP contribution in [-0.4, -0.2) is 61.4 Å². The van der Waals surface area contributed by atoms with Gasteiger partial charge in [0.2, 0.25) is 0 Å². The molecule has 28 heavy (non-hydrogen) atoms. The second-order valence-corrected chi connectivity index (χ2v) is 7.19. The number of carbonyl (C=O) groups is 1. The number of rotatable bonds is 5. The molecule has 2 aromatic rings. The molecule has 0 amide bonds. The van der Waals surface area contributed by atoms with E-state index in [9.17, 15) is 4.79 Å². The van der Waals surface area contributed by atoms with Crippen LogP contribution in [-0.2, 0) is 4.74 Å². The fourth-order valence-corrected chi connectivity index (χ4v) is 3.53. The quantitative estimate of drug-likeness (QED) is 0.428. The Hall–Kier alpha value is -2.37. The molecule has 0 atom stereocenters. The number of benzene rings is 2. The number of amidine groups is 1. The summed E-state index contributed by atoms with van der Waals surface area (Å²) in [5.74, 6) is 0.532. The van der Waals surface area contributed by atoms with Crippen LogP contribution in [0.3, 0.4) is 0 Å². The minimum absolute atomic E-state index is 0.343. The summed E-state index contributed by atoms with van der Waals surface area (Å²) in [6.45, 7) is 7.16. The highest BCUT2D eigenvalue weighted by Crippen LogP contribution is 2.26. The molecule has 1 aliphatic heterocycles. The molecule has 0 spiro atoms. The number of carbonyl (C=O) groups excluding carboxylic acids is 1. The van der Waals surface area contributed by atoms with E-state index in [0.29, 0.717) is 10.6 Å². The molecule has 0 N–H and O–H groups in total. The minimum Gasteiger partial charge on any atom is -0.465 e. The molecule has 5 nitrogen and oxygen atoms in total. The molecule has 0 bridgehead atoms. The summed E-state index contributed by atoms with van der Waals surface area (Å²) in [6, 6.07) is 15.0. The molecule has 0 unspecified atom stereocenters. The standard InChI is InChI=1S/C22H26ClN3O2/c1-3-12-25-13-15-26(16-14-25)21(24-20-7-5-4-6-19(20)23)17-8-10-18(11-9-17)22(27)28-2/h4-11H,3,12-16H2,1-2H3/b24-21-. The summed E-state index contributed by atoms with van der Waals surface area (Å²) >= 11 is 6.35. The van der Waals surface area contributed by atoms with E-state index in [1.807, 2.05) is 36.4 Å². The first kappa shape index (κ1) is 20.4. The Morgan fingerprint density at radius 1 is 1.04 bits per heavy atom. The fourth-order valence-electron chi connectivity index (χ4n) is 3.35. The first-order chi connectivity index (χ1) is 13.6. The third kappa shape index (κ3) is 4.91. The molecule has 6 heteroatoms. The van der Waals surface area contributed by atoms with Gasteiger partial charge in [-0.05, 0) is 37.2 Å². The highest BCUT2D eigenvalue weighted by Gasteiger charge is 2.21. The van der Waals surface area contributed by atoms with Crippen molar-refractivity contribution in [2.24, 2.45) is 4.99 Å². The minimum atomic E-state index is -0.343. The van der Waals surface area contributed by atoms with E-state index in [1.165, 1.54) is 7.11 Å². The largest absolute Gasteiger partial charge is 0.465 e. The van der Waals surface area contributed by atoms with E-state index in [0.717, 1.165) is 56.2 Å².